The van der Waals surface area contributed by atoms with Crippen molar-refractivity contribution in [2.75, 3.05) is 5.32 Å². The molecule has 2 amide bonds. The first-order chi connectivity index (χ1) is 19.1. The summed E-state index contributed by atoms with van der Waals surface area (Å²) in [5, 5.41) is 2.33. The van der Waals surface area contributed by atoms with Gasteiger partial charge in [0.15, 0.2) is 5.82 Å². The maximum atomic E-state index is 14.7. The van der Waals surface area contributed by atoms with E-state index in [0.29, 0.717) is 0 Å². The highest BCUT2D eigenvalue weighted by atomic mass is 32.2. The van der Waals surface area contributed by atoms with E-state index in [9.17, 15) is 22.4 Å². The molecule has 4 rings (SSSR count). The molecule has 3 aromatic carbocycles. The van der Waals surface area contributed by atoms with Crippen LogP contribution in [0.25, 0.3) is 0 Å². The summed E-state index contributed by atoms with van der Waals surface area (Å²) in [6.07, 6.45) is 0.489. The SMILES string of the molecule is Cc1ccc(S(=O)(=O)/N=c2/ccc(Oc3ccc(NC(=O)OCc4ccccc4)c(F)c3)cn2CC(N)=O)cc1. The maximum Gasteiger partial charge on any atom is 0.412 e. The van der Waals surface area contributed by atoms with E-state index in [4.69, 9.17) is 15.2 Å². The van der Waals surface area contributed by atoms with E-state index in [1.807, 2.05) is 13.0 Å². The minimum absolute atomic E-state index is 0.0165. The smallest absolute Gasteiger partial charge is 0.412 e. The van der Waals surface area contributed by atoms with Crippen LogP contribution in [0.1, 0.15) is 11.1 Å². The lowest BCUT2D eigenvalue weighted by molar-refractivity contribution is -0.118. The van der Waals surface area contributed by atoms with Crippen molar-refractivity contribution >= 4 is 27.7 Å². The molecule has 0 spiro atoms. The first kappa shape index (κ1) is 28.0. The van der Waals surface area contributed by atoms with E-state index in [-0.39, 0.29) is 40.7 Å². The molecule has 0 aliphatic heterocycles. The van der Waals surface area contributed by atoms with Crippen molar-refractivity contribution in [1.82, 2.24) is 4.57 Å². The quantitative estimate of drug-likeness (QED) is 0.311. The van der Waals surface area contributed by atoms with Crippen molar-refractivity contribution in [1.29, 1.82) is 0 Å². The van der Waals surface area contributed by atoms with Gasteiger partial charge in [0.2, 0.25) is 5.91 Å². The number of nitrogens with one attached hydrogen (secondary N) is 1. The molecule has 0 aliphatic carbocycles. The summed E-state index contributed by atoms with van der Waals surface area (Å²) >= 11 is 0. The highest BCUT2D eigenvalue weighted by Crippen LogP contribution is 2.25. The van der Waals surface area contributed by atoms with Gasteiger partial charge in [-0.15, -0.1) is 4.40 Å². The first-order valence-electron chi connectivity index (χ1n) is 11.9. The second-order valence-electron chi connectivity index (χ2n) is 8.63. The van der Waals surface area contributed by atoms with Crippen molar-refractivity contribution in [3.8, 4) is 11.5 Å². The van der Waals surface area contributed by atoms with Crippen LogP contribution >= 0.6 is 0 Å². The lowest BCUT2D eigenvalue weighted by atomic mass is 10.2. The maximum absolute atomic E-state index is 14.7. The van der Waals surface area contributed by atoms with Crippen LogP contribution in [0.15, 0.2) is 100 Å². The summed E-state index contributed by atoms with van der Waals surface area (Å²) in [6.45, 7) is 1.46. The Morgan fingerprint density at radius 2 is 1.68 bits per heavy atom. The number of ether oxygens (including phenoxy) is 2. The summed E-state index contributed by atoms with van der Waals surface area (Å²) in [4.78, 5) is 23.7. The van der Waals surface area contributed by atoms with Crippen molar-refractivity contribution in [3.05, 3.63) is 114 Å². The van der Waals surface area contributed by atoms with Crippen LogP contribution in [0.5, 0.6) is 11.5 Å². The normalized spacial score (nSPS) is 11.6. The van der Waals surface area contributed by atoms with Gasteiger partial charge in [0, 0.05) is 12.3 Å². The van der Waals surface area contributed by atoms with Gasteiger partial charge in [-0.3, -0.25) is 10.1 Å². The number of nitrogens with two attached hydrogens (primary N) is 1. The van der Waals surface area contributed by atoms with Gasteiger partial charge in [0.1, 0.15) is 30.1 Å². The number of hydrogen-bond acceptors (Lipinski definition) is 6. The van der Waals surface area contributed by atoms with Crippen LogP contribution in [0.3, 0.4) is 0 Å². The topological polar surface area (TPSA) is 142 Å². The molecule has 0 saturated heterocycles. The molecule has 0 saturated carbocycles. The highest BCUT2D eigenvalue weighted by Gasteiger charge is 2.14. The van der Waals surface area contributed by atoms with Crippen molar-refractivity contribution in [3.63, 3.8) is 0 Å². The fourth-order valence-corrected chi connectivity index (χ4v) is 4.50. The Morgan fingerprint density at radius 3 is 2.35 bits per heavy atom. The fraction of sp³-hybridized carbons (Fsp3) is 0.107. The summed E-state index contributed by atoms with van der Waals surface area (Å²) < 4.78 is 56.0. The monoisotopic (exact) mass is 564 g/mol. The molecule has 0 aliphatic rings. The molecule has 4 aromatic rings. The Labute approximate surface area is 229 Å². The highest BCUT2D eigenvalue weighted by molar-refractivity contribution is 7.90. The van der Waals surface area contributed by atoms with Crippen LogP contribution < -0.4 is 21.3 Å². The minimum atomic E-state index is -4.08. The molecule has 1 heterocycles. The number of aromatic nitrogens is 1. The number of rotatable bonds is 9. The van der Waals surface area contributed by atoms with E-state index in [0.717, 1.165) is 17.2 Å². The molecule has 0 fully saturated rings. The number of carbonyl (C=O) groups is 2. The van der Waals surface area contributed by atoms with E-state index >= 15 is 0 Å². The van der Waals surface area contributed by atoms with Crippen LogP contribution in [0.4, 0.5) is 14.9 Å². The lowest BCUT2D eigenvalue weighted by Gasteiger charge is -2.12. The number of amides is 2. The largest absolute Gasteiger partial charge is 0.456 e. The Bertz CT molecular complexity index is 1710. The standard InChI is InChI=1S/C28H25FN4O6S/c1-19-7-11-23(12-8-19)40(36,37)32-27-14-10-22(16-33(27)17-26(30)34)39-21-9-13-25(24(29)15-21)31-28(35)38-18-20-5-3-2-4-6-20/h2-16H,17-18H2,1H3,(H2,30,34)(H,31,35)/b32-27-. The number of nitrogens with zero attached hydrogens (tertiary/aromatic N) is 2. The van der Waals surface area contributed by atoms with E-state index in [1.165, 1.54) is 47.2 Å². The van der Waals surface area contributed by atoms with Gasteiger partial charge >= 0.3 is 6.09 Å². The average Bonchev–Trinajstić information content (AvgIpc) is 2.91. The van der Waals surface area contributed by atoms with Gasteiger partial charge < -0.3 is 19.8 Å². The number of aryl methyl sites for hydroxylation is 1. The molecule has 0 unspecified atom stereocenters. The van der Waals surface area contributed by atoms with Gasteiger partial charge in [-0.1, -0.05) is 48.0 Å². The number of sulfonamides is 1. The Morgan fingerprint density at radius 1 is 0.975 bits per heavy atom. The lowest BCUT2D eigenvalue weighted by Crippen LogP contribution is -2.28. The fourth-order valence-electron chi connectivity index (χ4n) is 3.50. The van der Waals surface area contributed by atoms with Crippen molar-refractivity contribution in [2.45, 2.75) is 25.0 Å². The molecule has 206 valence electrons. The van der Waals surface area contributed by atoms with Crippen LogP contribution in [0.2, 0.25) is 0 Å². The predicted molar refractivity (Wildman–Crippen MR) is 144 cm³/mol. The second kappa shape index (κ2) is 12.3. The number of carbonyl (C=O) groups excluding carboxylic acids is 2. The minimum Gasteiger partial charge on any atom is -0.456 e. The summed E-state index contributed by atoms with van der Waals surface area (Å²) in [5.41, 5.74) is 6.81. The van der Waals surface area contributed by atoms with Gasteiger partial charge in [0.05, 0.1) is 10.6 Å². The number of benzene rings is 3. The number of pyridine rings is 1. The number of halogens is 1. The summed E-state index contributed by atoms with van der Waals surface area (Å²) in [5.74, 6) is -1.31. The van der Waals surface area contributed by atoms with Crippen LogP contribution in [0, 0.1) is 12.7 Å². The molecule has 1 aromatic heterocycles. The third kappa shape index (κ3) is 7.54. The van der Waals surface area contributed by atoms with Crippen LogP contribution in [-0.2, 0) is 32.7 Å². The number of primary amides is 1. The third-order valence-corrected chi connectivity index (χ3v) is 6.75. The third-order valence-electron chi connectivity index (χ3n) is 5.46. The van der Waals surface area contributed by atoms with Gasteiger partial charge in [-0.05, 0) is 48.9 Å². The molecule has 0 radical (unpaired) electrons. The molecule has 3 N–H and O–H groups in total. The van der Waals surface area contributed by atoms with Crippen molar-refractivity contribution < 1.29 is 31.9 Å². The predicted octanol–water partition coefficient (Wildman–Crippen LogP) is 4.25. The Kier molecular flexibility index (Phi) is 8.60. The zero-order chi connectivity index (χ0) is 28.7. The molecule has 40 heavy (non-hydrogen) atoms. The number of hydrogen-bond donors (Lipinski definition) is 2. The Balaban J connectivity index is 1.50. The van der Waals surface area contributed by atoms with E-state index < -0.39 is 27.8 Å². The number of anilines is 1. The molecule has 0 atom stereocenters. The van der Waals surface area contributed by atoms with Gasteiger partial charge in [-0.25, -0.2) is 9.18 Å². The zero-order valence-corrected chi connectivity index (χ0v) is 22.1. The summed E-state index contributed by atoms with van der Waals surface area (Å²) in [7, 11) is -4.08. The van der Waals surface area contributed by atoms with Gasteiger partial charge in [-0.2, -0.15) is 8.42 Å². The van der Waals surface area contributed by atoms with E-state index in [1.54, 1.807) is 36.4 Å². The van der Waals surface area contributed by atoms with Gasteiger partial charge in [0.25, 0.3) is 10.0 Å². The Hall–Kier alpha value is -4.97. The summed E-state index contributed by atoms with van der Waals surface area (Å²) in [6, 6.07) is 21.7. The second-order valence-corrected chi connectivity index (χ2v) is 10.2. The molecule has 12 heteroatoms. The van der Waals surface area contributed by atoms with Crippen LogP contribution in [-0.4, -0.2) is 25.0 Å². The first-order valence-corrected chi connectivity index (χ1v) is 13.3. The zero-order valence-electron chi connectivity index (χ0n) is 21.3. The average molecular weight is 565 g/mol. The van der Waals surface area contributed by atoms with E-state index in [2.05, 4.69) is 9.71 Å². The molecule has 10 nitrogen and oxygen atoms in total. The van der Waals surface area contributed by atoms with Crippen molar-refractivity contribution in [2.24, 2.45) is 10.1 Å². The molecule has 0 bridgehead atoms. The molecular formula is C28H25FN4O6S. The molecular weight excluding hydrogens is 539 g/mol.